The molecule has 2 amide bonds. The zero-order valence-corrected chi connectivity index (χ0v) is 13.3. The van der Waals surface area contributed by atoms with Crippen molar-refractivity contribution in [3.05, 3.63) is 54.2 Å². The van der Waals surface area contributed by atoms with Crippen molar-refractivity contribution in [1.29, 1.82) is 0 Å². The first kappa shape index (κ1) is 15.6. The average Bonchev–Trinajstić information content (AvgIpc) is 3.11. The third-order valence-corrected chi connectivity index (χ3v) is 4.10. The summed E-state index contributed by atoms with van der Waals surface area (Å²) >= 11 is 0. The van der Waals surface area contributed by atoms with Gasteiger partial charge in [0, 0.05) is 45.1 Å². The van der Waals surface area contributed by atoms with Crippen LogP contribution in [0, 0.1) is 0 Å². The molecule has 0 aliphatic carbocycles. The molecule has 0 bridgehead atoms. The number of amides is 2. The SMILES string of the molecule is C[C@@H](NC(=O)N1CCN(Cc2cccnc2)CC1)c1ccco1. The second-order valence-corrected chi connectivity index (χ2v) is 5.81. The summed E-state index contributed by atoms with van der Waals surface area (Å²) in [6.07, 6.45) is 5.30. The van der Waals surface area contributed by atoms with E-state index in [2.05, 4.69) is 21.3 Å². The molecule has 3 heterocycles. The van der Waals surface area contributed by atoms with Crippen LogP contribution in [0.15, 0.2) is 47.3 Å². The van der Waals surface area contributed by atoms with Gasteiger partial charge in [0.25, 0.3) is 0 Å². The molecular weight excluding hydrogens is 292 g/mol. The molecule has 0 radical (unpaired) electrons. The highest BCUT2D eigenvalue weighted by Gasteiger charge is 2.22. The van der Waals surface area contributed by atoms with Gasteiger partial charge in [-0.25, -0.2) is 4.79 Å². The molecule has 1 aliphatic heterocycles. The van der Waals surface area contributed by atoms with E-state index in [1.165, 1.54) is 5.56 Å². The number of furan rings is 1. The summed E-state index contributed by atoms with van der Waals surface area (Å²) < 4.78 is 5.32. The predicted molar refractivity (Wildman–Crippen MR) is 86.7 cm³/mol. The Labute approximate surface area is 136 Å². The third-order valence-electron chi connectivity index (χ3n) is 4.10. The Balaban J connectivity index is 1.46. The fourth-order valence-electron chi connectivity index (χ4n) is 2.74. The quantitative estimate of drug-likeness (QED) is 0.940. The molecule has 1 saturated heterocycles. The lowest BCUT2D eigenvalue weighted by molar-refractivity contribution is 0.133. The van der Waals surface area contributed by atoms with E-state index in [0.717, 1.165) is 38.5 Å². The van der Waals surface area contributed by atoms with Crippen molar-refractivity contribution >= 4 is 6.03 Å². The van der Waals surface area contributed by atoms with Gasteiger partial charge in [0.2, 0.25) is 0 Å². The Bertz CT molecular complexity index is 607. The highest BCUT2D eigenvalue weighted by Crippen LogP contribution is 2.13. The molecule has 2 aromatic heterocycles. The Morgan fingerprint density at radius 1 is 1.30 bits per heavy atom. The lowest BCUT2D eigenvalue weighted by atomic mass is 10.2. The Hall–Kier alpha value is -2.34. The number of hydrogen-bond acceptors (Lipinski definition) is 4. The fourth-order valence-corrected chi connectivity index (χ4v) is 2.74. The molecule has 0 spiro atoms. The molecule has 2 aromatic rings. The number of hydrogen-bond donors (Lipinski definition) is 1. The summed E-state index contributed by atoms with van der Waals surface area (Å²) in [5.74, 6) is 0.772. The third kappa shape index (κ3) is 4.10. The molecule has 3 rings (SSSR count). The van der Waals surface area contributed by atoms with E-state index < -0.39 is 0 Å². The van der Waals surface area contributed by atoms with E-state index in [0.29, 0.717) is 0 Å². The molecule has 0 unspecified atom stereocenters. The van der Waals surface area contributed by atoms with Crippen LogP contribution in [-0.2, 0) is 6.54 Å². The van der Waals surface area contributed by atoms with E-state index in [-0.39, 0.29) is 12.1 Å². The standard InChI is InChI=1S/C17H22N4O2/c1-14(16-5-3-11-23-16)19-17(22)21-9-7-20(8-10-21)13-15-4-2-6-18-12-15/h2-6,11-12,14H,7-10,13H2,1H3,(H,19,22)/t14-/m1/s1. The minimum absolute atomic E-state index is 0.0325. The van der Waals surface area contributed by atoms with E-state index in [1.807, 2.05) is 36.2 Å². The maximum Gasteiger partial charge on any atom is 0.318 e. The molecule has 6 nitrogen and oxygen atoms in total. The van der Waals surface area contributed by atoms with Crippen molar-refractivity contribution < 1.29 is 9.21 Å². The van der Waals surface area contributed by atoms with Gasteiger partial charge in [0.05, 0.1) is 12.3 Å². The van der Waals surface area contributed by atoms with Crippen molar-refractivity contribution in [2.45, 2.75) is 19.5 Å². The minimum atomic E-state index is -0.120. The molecule has 23 heavy (non-hydrogen) atoms. The van der Waals surface area contributed by atoms with Gasteiger partial charge in [-0.3, -0.25) is 9.88 Å². The summed E-state index contributed by atoms with van der Waals surface area (Å²) in [4.78, 5) is 20.7. The number of carbonyl (C=O) groups excluding carboxylic acids is 1. The Kier molecular flexibility index (Phi) is 4.92. The number of pyridine rings is 1. The molecule has 1 N–H and O–H groups in total. The van der Waals surface area contributed by atoms with Gasteiger partial charge in [-0.05, 0) is 30.7 Å². The van der Waals surface area contributed by atoms with Crippen LogP contribution < -0.4 is 5.32 Å². The van der Waals surface area contributed by atoms with Crippen LogP contribution in [0.3, 0.4) is 0 Å². The Morgan fingerprint density at radius 3 is 2.78 bits per heavy atom. The molecule has 0 saturated carbocycles. The number of nitrogens with zero attached hydrogens (tertiary/aromatic N) is 3. The van der Waals surface area contributed by atoms with Gasteiger partial charge in [-0.2, -0.15) is 0 Å². The van der Waals surface area contributed by atoms with E-state index in [1.54, 1.807) is 12.5 Å². The van der Waals surface area contributed by atoms with Crippen molar-refractivity contribution in [3.8, 4) is 0 Å². The van der Waals surface area contributed by atoms with Gasteiger partial charge in [-0.1, -0.05) is 6.07 Å². The second kappa shape index (κ2) is 7.28. The lowest BCUT2D eigenvalue weighted by Gasteiger charge is -2.35. The topological polar surface area (TPSA) is 61.6 Å². The highest BCUT2D eigenvalue weighted by molar-refractivity contribution is 5.74. The molecule has 1 aliphatic rings. The van der Waals surface area contributed by atoms with E-state index >= 15 is 0 Å². The van der Waals surface area contributed by atoms with Crippen LogP contribution in [0.4, 0.5) is 4.79 Å². The zero-order valence-electron chi connectivity index (χ0n) is 13.3. The first-order valence-electron chi connectivity index (χ1n) is 7.92. The maximum atomic E-state index is 12.3. The number of urea groups is 1. The van der Waals surface area contributed by atoms with Crippen LogP contribution >= 0.6 is 0 Å². The van der Waals surface area contributed by atoms with Crippen molar-refractivity contribution in [1.82, 2.24) is 20.1 Å². The molecule has 0 aromatic carbocycles. The molecule has 1 fully saturated rings. The zero-order chi connectivity index (χ0) is 16.1. The van der Waals surface area contributed by atoms with Gasteiger partial charge in [-0.15, -0.1) is 0 Å². The maximum absolute atomic E-state index is 12.3. The van der Waals surface area contributed by atoms with E-state index in [4.69, 9.17) is 4.42 Å². The number of nitrogens with one attached hydrogen (secondary N) is 1. The average molecular weight is 314 g/mol. The summed E-state index contributed by atoms with van der Waals surface area (Å²) in [5, 5.41) is 2.98. The van der Waals surface area contributed by atoms with Crippen LogP contribution in [0.1, 0.15) is 24.3 Å². The highest BCUT2D eigenvalue weighted by atomic mass is 16.3. The normalized spacial score (nSPS) is 17.0. The second-order valence-electron chi connectivity index (χ2n) is 5.81. The van der Waals surface area contributed by atoms with Gasteiger partial charge < -0.3 is 14.6 Å². The summed E-state index contributed by atoms with van der Waals surface area (Å²) in [5.41, 5.74) is 1.21. The van der Waals surface area contributed by atoms with Crippen LogP contribution in [0.25, 0.3) is 0 Å². The predicted octanol–water partition coefficient (Wildman–Crippen LogP) is 2.26. The first-order chi connectivity index (χ1) is 11.2. The summed E-state index contributed by atoms with van der Waals surface area (Å²) in [7, 11) is 0. The van der Waals surface area contributed by atoms with Gasteiger partial charge in [0.1, 0.15) is 5.76 Å². The monoisotopic (exact) mass is 314 g/mol. The number of piperazine rings is 1. The summed E-state index contributed by atoms with van der Waals surface area (Å²) in [6, 6.07) is 7.58. The molecule has 6 heteroatoms. The minimum Gasteiger partial charge on any atom is -0.467 e. The van der Waals surface area contributed by atoms with Gasteiger partial charge >= 0.3 is 6.03 Å². The van der Waals surface area contributed by atoms with Crippen molar-refractivity contribution in [3.63, 3.8) is 0 Å². The van der Waals surface area contributed by atoms with Crippen LogP contribution in [-0.4, -0.2) is 47.0 Å². The van der Waals surface area contributed by atoms with Crippen molar-refractivity contribution in [2.24, 2.45) is 0 Å². The number of carbonyl (C=O) groups is 1. The number of aromatic nitrogens is 1. The summed E-state index contributed by atoms with van der Waals surface area (Å²) in [6.45, 7) is 6.02. The molecule has 1 atom stereocenters. The van der Waals surface area contributed by atoms with Crippen LogP contribution in [0.5, 0.6) is 0 Å². The Morgan fingerprint density at radius 2 is 2.13 bits per heavy atom. The lowest BCUT2D eigenvalue weighted by Crippen LogP contribution is -2.51. The molecule has 122 valence electrons. The molecular formula is C17H22N4O2. The fraction of sp³-hybridized carbons (Fsp3) is 0.412. The van der Waals surface area contributed by atoms with Crippen LogP contribution in [0.2, 0.25) is 0 Å². The van der Waals surface area contributed by atoms with Gasteiger partial charge in [0.15, 0.2) is 0 Å². The number of rotatable bonds is 4. The smallest absolute Gasteiger partial charge is 0.318 e. The van der Waals surface area contributed by atoms with Crippen molar-refractivity contribution in [2.75, 3.05) is 26.2 Å². The first-order valence-corrected chi connectivity index (χ1v) is 7.92. The van der Waals surface area contributed by atoms with E-state index in [9.17, 15) is 4.79 Å². The largest absolute Gasteiger partial charge is 0.467 e.